The van der Waals surface area contributed by atoms with E-state index in [1.807, 2.05) is 0 Å². The van der Waals surface area contributed by atoms with Crippen molar-refractivity contribution in [1.82, 2.24) is 14.8 Å². The third-order valence-corrected chi connectivity index (χ3v) is 8.84. The van der Waals surface area contributed by atoms with E-state index in [4.69, 9.17) is 4.74 Å². The Hall–Kier alpha value is -3.62. The van der Waals surface area contributed by atoms with Gasteiger partial charge < -0.3 is 10.1 Å². The molecule has 1 aromatic heterocycles. The molecule has 3 aliphatic carbocycles. The zero-order valence-corrected chi connectivity index (χ0v) is 23.2. The number of halogens is 1. The molecule has 212 valence electrons. The summed E-state index contributed by atoms with van der Waals surface area (Å²) in [5.74, 6) is 0.190. The zero-order chi connectivity index (χ0) is 28.0. The minimum Gasteiger partial charge on any atom is -0.488 e. The highest BCUT2D eigenvalue weighted by Crippen LogP contribution is 2.44. The number of hydrogen-bond donors (Lipinski definition) is 1. The molecule has 7 nitrogen and oxygen atoms in total. The number of pyridine rings is 1. The molecule has 1 saturated heterocycles. The lowest BCUT2D eigenvalue weighted by Crippen LogP contribution is -2.55. The molecule has 0 unspecified atom stereocenters. The minimum atomic E-state index is -0.460. The smallest absolute Gasteiger partial charge is 0.245 e. The fraction of sp³-hybridized carbons (Fsp3) is 0.424. The van der Waals surface area contributed by atoms with E-state index in [1.54, 1.807) is 54.7 Å². The van der Waals surface area contributed by atoms with Crippen molar-refractivity contribution >= 4 is 17.4 Å². The van der Waals surface area contributed by atoms with Gasteiger partial charge in [-0.1, -0.05) is 18.2 Å². The average Bonchev–Trinajstić information content (AvgIpc) is 3.84. The molecule has 0 atom stereocenters. The van der Waals surface area contributed by atoms with Crippen molar-refractivity contribution in [2.24, 2.45) is 0 Å². The van der Waals surface area contributed by atoms with Crippen LogP contribution in [0.2, 0.25) is 0 Å². The summed E-state index contributed by atoms with van der Waals surface area (Å²) in [5, 5.41) is 3.16. The summed E-state index contributed by atoms with van der Waals surface area (Å²) >= 11 is 0. The van der Waals surface area contributed by atoms with Crippen molar-refractivity contribution in [1.29, 1.82) is 0 Å². The number of carbonyl (C=O) groups excluding carboxylic acids is 2. The van der Waals surface area contributed by atoms with Crippen LogP contribution >= 0.6 is 0 Å². The molecule has 4 aliphatic rings. The van der Waals surface area contributed by atoms with E-state index >= 15 is 0 Å². The fourth-order valence-corrected chi connectivity index (χ4v) is 5.91. The quantitative estimate of drug-likeness (QED) is 0.352. The Balaban J connectivity index is 1.05. The van der Waals surface area contributed by atoms with Crippen LogP contribution in [0.15, 0.2) is 60.8 Å². The predicted octanol–water partition coefficient (Wildman–Crippen LogP) is 5.11. The number of nitrogens with one attached hydrogen (secondary N) is 1. The third-order valence-electron chi connectivity index (χ3n) is 8.84. The minimum absolute atomic E-state index is 0.00412. The molecule has 0 radical (unpaired) electrons. The number of ketones is 1. The average molecular weight is 555 g/mol. The molecular weight excluding hydrogens is 519 g/mol. The van der Waals surface area contributed by atoms with E-state index in [-0.39, 0.29) is 30.0 Å². The standard InChI is InChI=1S/C33H35FN4O3/c34-27-4-2-1-3-26(27)28-11-5-22(21-35-28)19-30(39)23-6-12-31(41-25-9-10-25)29(20-23)36-32(40)33(13-14-33)38-17-15-37(16-18-38)24-7-8-24/h1-6,11-12,20-21,24-25H,7-10,13-19H2,(H,36,40). The van der Waals surface area contributed by atoms with Gasteiger partial charge in [0.2, 0.25) is 5.91 Å². The second-order valence-electron chi connectivity index (χ2n) is 11.9. The number of benzene rings is 2. The van der Waals surface area contributed by atoms with Crippen molar-refractivity contribution < 1.29 is 18.7 Å². The summed E-state index contributed by atoms with van der Waals surface area (Å²) in [6.45, 7) is 3.88. The number of piperazine rings is 1. The van der Waals surface area contributed by atoms with Crippen molar-refractivity contribution in [3.05, 3.63) is 77.7 Å². The molecule has 41 heavy (non-hydrogen) atoms. The molecule has 3 aromatic rings. The van der Waals surface area contributed by atoms with E-state index in [0.717, 1.165) is 63.5 Å². The molecule has 0 bridgehead atoms. The van der Waals surface area contributed by atoms with E-state index in [2.05, 4.69) is 20.1 Å². The second kappa shape index (κ2) is 10.7. The Labute approximate surface area is 239 Å². The van der Waals surface area contributed by atoms with Crippen LogP contribution < -0.4 is 10.1 Å². The van der Waals surface area contributed by atoms with Gasteiger partial charge in [-0.15, -0.1) is 0 Å². The van der Waals surface area contributed by atoms with Gasteiger partial charge in [0, 0.05) is 56.0 Å². The number of anilines is 1. The summed E-state index contributed by atoms with van der Waals surface area (Å²) in [5.41, 5.74) is 2.29. The van der Waals surface area contributed by atoms with E-state index in [1.165, 1.54) is 18.9 Å². The van der Waals surface area contributed by atoms with Crippen LogP contribution in [0, 0.1) is 5.82 Å². The monoisotopic (exact) mass is 554 g/mol. The largest absolute Gasteiger partial charge is 0.488 e. The second-order valence-corrected chi connectivity index (χ2v) is 11.9. The number of carbonyl (C=O) groups is 2. The number of rotatable bonds is 10. The topological polar surface area (TPSA) is 74.8 Å². The molecule has 2 aromatic carbocycles. The number of ether oxygens (including phenoxy) is 1. The number of aromatic nitrogens is 1. The van der Waals surface area contributed by atoms with Crippen LogP contribution in [-0.2, 0) is 11.2 Å². The molecule has 1 aliphatic heterocycles. The van der Waals surface area contributed by atoms with Crippen molar-refractivity contribution in [3.8, 4) is 17.0 Å². The normalized spacial score (nSPS) is 20.4. The Kier molecular flexibility index (Phi) is 6.83. The van der Waals surface area contributed by atoms with Crippen LogP contribution in [0.25, 0.3) is 11.3 Å². The first-order valence-corrected chi connectivity index (χ1v) is 14.8. The summed E-state index contributed by atoms with van der Waals surface area (Å²) in [6, 6.07) is 16.1. The number of hydrogen-bond acceptors (Lipinski definition) is 6. The van der Waals surface area contributed by atoms with Gasteiger partial charge >= 0.3 is 0 Å². The maximum atomic E-state index is 14.1. The maximum Gasteiger partial charge on any atom is 0.245 e. The van der Waals surface area contributed by atoms with Crippen LogP contribution in [0.5, 0.6) is 5.75 Å². The first-order chi connectivity index (χ1) is 20.0. The molecule has 3 saturated carbocycles. The molecule has 4 fully saturated rings. The Bertz CT molecular complexity index is 1460. The summed E-state index contributed by atoms with van der Waals surface area (Å²) in [4.78, 5) is 36.3. The predicted molar refractivity (Wildman–Crippen MR) is 155 cm³/mol. The molecule has 7 rings (SSSR count). The van der Waals surface area contributed by atoms with Gasteiger partial charge in [0.15, 0.2) is 5.78 Å². The van der Waals surface area contributed by atoms with Gasteiger partial charge in [-0.3, -0.25) is 24.4 Å². The van der Waals surface area contributed by atoms with Gasteiger partial charge in [-0.05, 0) is 80.5 Å². The van der Waals surface area contributed by atoms with Crippen LogP contribution in [-0.4, -0.2) is 70.3 Å². The molecule has 1 N–H and O–H groups in total. The molecule has 2 heterocycles. The summed E-state index contributed by atoms with van der Waals surface area (Å²) < 4.78 is 20.3. The van der Waals surface area contributed by atoms with Crippen LogP contribution in [0.1, 0.15) is 54.4 Å². The fourth-order valence-electron chi connectivity index (χ4n) is 5.91. The summed E-state index contributed by atoms with van der Waals surface area (Å²) in [6.07, 6.45) is 8.25. The van der Waals surface area contributed by atoms with Crippen molar-refractivity contribution in [3.63, 3.8) is 0 Å². The highest BCUT2D eigenvalue weighted by atomic mass is 19.1. The first-order valence-electron chi connectivity index (χ1n) is 14.8. The van der Waals surface area contributed by atoms with E-state index in [9.17, 15) is 14.0 Å². The number of Topliss-reactive ketones (excluding diaryl/α,β-unsaturated/α-hetero) is 1. The van der Waals surface area contributed by atoms with E-state index in [0.29, 0.717) is 28.3 Å². The molecule has 0 spiro atoms. The zero-order valence-electron chi connectivity index (χ0n) is 23.2. The van der Waals surface area contributed by atoms with Gasteiger partial charge in [-0.2, -0.15) is 0 Å². The Morgan fingerprint density at radius 2 is 1.76 bits per heavy atom. The highest BCUT2D eigenvalue weighted by Gasteiger charge is 2.55. The lowest BCUT2D eigenvalue weighted by Gasteiger charge is -2.39. The highest BCUT2D eigenvalue weighted by molar-refractivity contribution is 6.03. The number of nitrogens with zero attached hydrogens (tertiary/aromatic N) is 3. The molecule has 8 heteroatoms. The van der Waals surface area contributed by atoms with Crippen LogP contribution in [0.4, 0.5) is 10.1 Å². The summed E-state index contributed by atoms with van der Waals surface area (Å²) in [7, 11) is 0. The van der Waals surface area contributed by atoms with Gasteiger partial charge in [0.1, 0.15) is 17.1 Å². The lowest BCUT2D eigenvalue weighted by atomic mass is 10.0. The third kappa shape index (κ3) is 5.63. The van der Waals surface area contributed by atoms with Gasteiger partial charge in [0.05, 0.1) is 17.5 Å². The Morgan fingerprint density at radius 3 is 2.41 bits per heavy atom. The molecule has 1 amide bonds. The van der Waals surface area contributed by atoms with Crippen molar-refractivity contribution in [2.75, 3.05) is 31.5 Å². The van der Waals surface area contributed by atoms with E-state index < -0.39 is 5.54 Å². The van der Waals surface area contributed by atoms with Gasteiger partial charge in [0.25, 0.3) is 0 Å². The molecular formula is C33H35FN4O3. The number of amides is 1. The van der Waals surface area contributed by atoms with Gasteiger partial charge in [-0.25, -0.2) is 4.39 Å². The Morgan fingerprint density at radius 1 is 0.976 bits per heavy atom. The van der Waals surface area contributed by atoms with Crippen molar-refractivity contribution in [2.45, 2.75) is 62.6 Å². The van der Waals surface area contributed by atoms with Crippen LogP contribution in [0.3, 0.4) is 0 Å². The SMILES string of the molecule is O=C(Cc1ccc(-c2ccccc2F)nc1)c1ccc(OC2CC2)c(NC(=O)C2(N3CCN(C4CC4)CC3)CC2)c1. The first kappa shape index (κ1) is 26.3. The lowest BCUT2D eigenvalue weighted by molar-refractivity contribution is -0.123. The maximum absolute atomic E-state index is 14.1.